The minimum atomic E-state index is 0.116. The van der Waals surface area contributed by atoms with Gasteiger partial charge < -0.3 is 4.74 Å². The van der Waals surface area contributed by atoms with E-state index in [4.69, 9.17) is 39.5 Å². The predicted octanol–water partition coefficient (Wildman–Crippen LogP) is 4.23. The highest BCUT2D eigenvalue weighted by Crippen LogP contribution is 2.27. The van der Waals surface area contributed by atoms with E-state index in [0.29, 0.717) is 21.7 Å². The third-order valence-corrected chi connectivity index (χ3v) is 2.28. The number of ether oxygens (including phenoxy) is 1. The molecule has 2 aromatic rings. The van der Waals surface area contributed by atoms with Crippen molar-refractivity contribution in [1.29, 1.82) is 0 Å². The van der Waals surface area contributed by atoms with E-state index in [9.17, 15) is 0 Å². The Labute approximate surface area is 107 Å². The maximum Gasteiger partial charge on any atom is 0.225 e. The fraction of sp³-hybridized carbons (Fsp3) is 0. The van der Waals surface area contributed by atoms with Crippen LogP contribution in [0, 0.1) is 0 Å². The molecule has 0 aliphatic carbocycles. The van der Waals surface area contributed by atoms with Gasteiger partial charge in [0.15, 0.2) is 0 Å². The smallest absolute Gasteiger partial charge is 0.225 e. The molecule has 82 valence electrons. The highest BCUT2D eigenvalue weighted by atomic mass is 35.5. The molecular formula is C10H5Cl3N2O. The molecular weight excluding hydrogens is 270 g/mol. The van der Waals surface area contributed by atoms with E-state index in [0.717, 1.165) is 0 Å². The quantitative estimate of drug-likeness (QED) is 0.769. The summed E-state index contributed by atoms with van der Waals surface area (Å²) in [6.07, 6.45) is 1.50. The molecule has 1 aromatic heterocycles. The Morgan fingerprint density at radius 3 is 2.31 bits per heavy atom. The number of halogens is 3. The third-order valence-electron chi connectivity index (χ3n) is 1.66. The zero-order valence-corrected chi connectivity index (χ0v) is 10.1. The molecule has 16 heavy (non-hydrogen) atoms. The molecule has 0 aliphatic rings. The van der Waals surface area contributed by atoms with Crippen molar-refractivity contribution in [2.75, 3.05) is 0 Å². The van der Waals surface area contributed by atoms with Gasteiger partial charge in [-0.05, 0) is 29.8 Å². The molecule has 0 aliphatic heterocycles. The summed E-state index contributed by atoms with van der Waals surface area (Å²) in [7, 11) is 0. The SMILES string of the molecule is Clc1cc(Cl)cc(Oc2ccnc(Cl)n2)c1. The molecule has 0 radical (unpaired) electrons. The summed E-state index contributed by atoms with van der Waals surface area (Å²) in [5.41, 5.74) is 0. The van der Waals surface area contributed by atoms with Crippen LogP contribution in [0.15, 0.2) is 30.5 Å². The molecule has 1 heterocycles. The minimum Gasteiger partial charge on any atom is -0.439 e. The van der Waals surface area contributed by atoms with Gasteiger partial charge in [-0.3, -0.25) is 0 Å². The zero-order chi connectivity index (χ0) is 11.5. The maximum absolute atomic E-state index is 5.82. The first-order chi connectivity index (χ1) is 7.63. The molecule has 1 aromatic carbocycles. The van der Waals surface area contributed by atoms with Crippen molar-refractivity contribution in [3.63, 3.8) is 0 Å². The molecule has 0 saturated carbocycles. The normalized spacial score (nSPS) is 10.2. The first kappa shape index (κ1) is 11.5. The maximum atomic E-state index is 5.82. The van der Waals surface area contributed by atoms with Gasteiger partial charge >= 0.3 is 0 Å². The Bertz CT molecular complexity index is 499. The lowest BCUT2D eigenvalue weighted by Crippen LogP contribution is -1.89. The van der Waals surface area contributed by atoms with Crippen LogP contribution >= 0.6 is 34.8 Å². The van der Waals surface area contributed by atoms with Gasteiger partial charge in [0.05, 0.1) is 0 Å². The average Bonchev–Trinajstić information content (AvgIpc) is 2.15. The third kappa shape index (κ3) is 2.98. The molecule has 0 fully saturated rings. The fourth-order valence-corrected chi connectivity index (χ4v) is 1.73. The second-order valence-electron chi connectivity index (χ2n) is 2.87. The number of rotatable bonds is 2. The molecule has 0 saturated heterocycles. The van der Waals surface area contributed by atoms with Crippen molar-refractivity contribution >= 4 is 34.8 Å². The Kier molecular flexibility index (Phi) is 3.49. The number of aromatic nitrogens is 2. The second-order valence-corrected chi connectivity index (χ2v) is 4.08. The first-order valence-electron chi connectivity index (χ1n) is 4.26. The Hall–Kier alpha value is -1.03. The van der Waals surface area contributed by atoms with Crippen molar-refractivity contribution in [1.82, 2.24) is 9.97 Å². The summed E-state index contributed by atoms with van der Waals surface area (Å²) in [5.74, 6) is 0.825. The van der Waals surface area contributed by atoms with Crippen LogP contribution in [0.5, 0.6) is 11.6 Å². The van der Waals surface area contributed by atoms with Crippen LogP contribution in [0.25, 0.3) is 0 Å². The summed E-state index contributed by atoms with van der Waals surface area (Å²) in [6, 6.07) is 6.45. The average molecular weight is 276 g/mol. The molecule has 3 nitrogen and oxygen atoms in total. The molecule has 0 N–H and O–H groups in total. The lowest BCUT2D eigenvalue weighted by molar-refractivity contribution is 0.461. The number of hydrogen-bond donors (Lipinski definition) is 0. The predicted molar refractivity (Wildman–Crippen MR) is 63.6 cm³/mol. The van der Waals surface area contributed by atoms with Gasteiger partial charge in [0, 0.05) is 22.3 Å². The van der Waals surface area contributed by atoms with Crippen LogP contribution in [-0.4, -0.2) is 9.97 Å². The number of hydrogen-bond acceptors (Lipinski definition) is 3. The van der Waals surface area contributed by atoms with Crippen molar-refractivity contribution in [2.24, 2.45) is 0 Å². The van der Waals surface area contributed by atoms with Crippen LogP contribution in [-0.2, 0) is 0 Å². The molecule has 0 spiro atoms. The standard InChI is InChI=1S/C10H5Cl3N2O/c11-6-3-7(12)5-8(4-6)16-9-1-2-14-10(13)15-9/h1-5H. The van der Waals surface area contributed by atoms with E-state index in [1.165, 1.54) is 6.20 Å². The van der Waals surface area contributed by atoms with Gasteiger partial charge in [-0.25, -0.2) is 4.98 Å². The lowest BCUT2D eigenvalue weighted by Gasteiger charge is -2.05. The molecule has 0 unspecified atom stereocenters. The highest BCUT2D eigenvalue weighted by molar-refractivity contribution is 6.34. The Morgan fingerprint density at radius 1 is 1.00 bits per heavy atom. The first-order valence-corrected chi connectivity index (χ1v) is 5.39. The van der Waals surface area contributed by atoms with Gasteiger partial charge in [0.1, 0.15) is 5.75 Å². The fourth-order valence-electron chi connectivity index (χ4n) is 1.08. The summed E-state index contributed by atoms with van der Waals surface area (Å²) < 4.78 is 5.42. The van der Waals surface area contributed by atoms with Crippen LogP contribution < -0.4 is 4.74 Å². The van der Waals surface area contributed by atoms with Crippen molar-refractivity contribution in [2.45, 2.75) is 0 Å². The van der Waals surface area contributed by atoms with Crippen LogP contribution in [0.1, 0.15) is 0 Å². The molecule has 0 amide bonds. The van der Waals surface area contributed by atoms with Crippen molar-refractivity contribution < 1.29 is 4.74 Å². The minimum absolute atomic E-state index is 0.116. The van der Waals surface area contributed by atoms with E-state index in [1.54, 1.807) is 24.3 Å². The van der Waals surface area contributed by atoms with Gasteiger partial charge in [-0.1, -0.05) is 23.2 Å². The van der Waals surface area contributed by atoms with Crippen molar-refractivity contribution in [3.05, 3.63) is 45.8 Å². The number of benzene rings is 1. The van der Waals surface area contributed by atoms with Crippen LogP contribution in [0.4, 0.5) is 0 Å². The van der Waals surface area contributed by atoms with E-state index < -0.39 is 0 Å². The highest BCUT2D eigenvalue weighted by Gasteiger charge is 2.02. The van der Waals surface area contributed by atoms with Crippen molar-refractivity contribution in [3.8, 4) is 11.6 Å². The topological polar surface area (TPSA) is 35.0 Å². The lowest BCUT2D eigenvalue weighted by atomic mass is 10.3. The van der Waals surface area contributed by atoms with Gasteiger partial charge in [-0.2, -0.15) is 4.98 Å². The van der Waals surface area contributed by atoms with E-state index in [1.807, 2.05) is 0 Å². The zero-order valence-electron chi connectivity index (χ0n) is 7.82. The largest absolute Gasteiger partial charge is 0.439 e. The number of nitrogens with zero attached hydrogens (tertiary/aromatic N) is 2. The summed E-state index contributed by atoms with van der Waals surface area (Å²) in [5, 5.41) is 1.09. The van der Waals surface area contributed by atoms with Crippen LogP contribution in [0.3, 0.4) is 0 Å². The Morgan fingerprint density at radius 2 is 1.69 bits per heavy atom. The monoisotopic (exact) mass is 274 g/mol. The summed E-state index contributed by atoms with van der Waals surface area (Å²) >= 11 is 17.3. The molecule has 2 rings (SSSR count). The van der Waals surface area contributed by atoms with E-state index in [2.05, 4.69) is 9.97 Å². The Balaban J connectivity index is 2.27. The van der Waals surface area contributed by atoms with Gasteiger partial charge in [-0.15, -0.1) is 0 Å². The molecule has 0 atom stereocenters. The molecule has 0 bridgehead atoms. The summed E-state index contributed by atoms with van der Waals surface area (Å²) in [4.78, 5) is 7.61. The van der Waals surface area contributed by atoms with E-state index in [-0.39, 0.29) is 5.28 Å². The molecule has 6 heteroatoms. The van der Waals surface area contributed by atoms with Crippen LogP contribution in [0.2, 0.25) is 15.3 Å². The van der Waals surface area contributed by atoms with Gasteiger partial charge in [0.2, 0.25) is 11.2 Å². The summed E-state index contributed by atoms with van der Waals surface area (Å²) in [6.45, 7) is 0. The van der Waals surface area contributed by atoms with Gasteiger partial charge in [0.25, 0.3) is 0 Å². The van der Waals surface area contributed by atoms with E-state index >= 15 is 0 Å². The second kappa shape index (κ2) is 4.87.